The standard InChI is InChI=1S/C17H22FNO2/c1-16(2)15(17(16,3)4)14(21)10-7-9-5-6-13(20)19-12(9)8-11(10)18/h7-8,14-15,21H,5-6H2,1-4H3,(H,19,20). The monoisotopic (exact) mass is 291 g/mol. The molecular weight excluding hydrogens is 269 g/mol. The summed E-state index contributed by atoms with van der Waals surface area (Å²) in [5.74, 6) is -0.489. The van der Waals surface area contributed by atoms with Gasteiger partial charge in [-0.3, -0.25) is 4.79 Å². The number of hydrogen-bond donors (Lipinski definition) is 2. The second kappa shape index (κ2) is 4.29. The number of hydrogen-bond acceptors (Lipinski definition) is 2. The molecule has 1 fully saturated rings. The fourth-order valence-electron chi connectivity index (χ4n) is 3.86. The molecule has 1 heterocycles. The zero-order valence-corrected chi connectivity index (χ0v) is 13.0. The van der Waals surface area contributed by atoms with Gasteiger partial charge in [0.15, 0.2) is 0 Å². The maximum atomic E-state index is 14.3. The second-order valence-electron chi connectivity index (χ2n) is 7.44. The fraction of sp³-hybridized carbons (Fsp3) is 0.588. The summed E-state index contributed by atoms with van der Waals surface area (Å²) >= 11 is 0. The van der Waals surface area contributed by atoms with Crippen LogP contribution in [-0.4, -0.2) is 11.0 Å². The Bertz CT molecular complexity index is 607. The maximum Gasteiger partial charge on any atom is 0.224 e. The van der Waals surface area contributed by atoms with E-state index in [-0.39, 0.29) is 22.7 Å². The molecule has 1 aromatic rings. The molecule has 1 atom stereocenters. The van der Waals surface area contributed by atoms with Crippen molar-refractivity contribution in [2.75, 3.05) is 5.32 Å². The predicted molar refractivity (Wildman–Crippen MR) is 79.4 cm³/mol. The summed E-state index contributed by atoms with van der Waals surface area (Å²) in [5.41, 5.74) is 1.77. The van der Waals surface area contributed by atoms with Gasteiger partial charge in [0.1, 0.15) is 5.82 Å². The van der Waals surface area contributed by atoms with Gasteiger partial charge in [-0.1, -0.05) is 27.7 Å². The molecule has 2 aliphatic rings. The van der Waals surface area contributed by atoms with Crippen LogP contribution in [0.4, 0.5) is 10.1 Å². The van der Waals surface area contributed by atoms with E-state index in [4.69, 9.17) is 0 Å². The number of aryl methyl sites for hydroxylation is 1. The molecule has 0 saturated heterocycles. The first-order valence-corrected chi connectivity index (χ1v) is 7.46. The Hall–Kier alpha value is -1.42. The number of aliphatic hydroxyl groups excluding tert-OH is 1. The average Bonchev–Trinajstić information content (AvgIpc) is 2.78. The molecule has 0 aromatic heterocycles. The molecule has 1 saturated carbocycles. The molecule has 1 aliphatic carbocycles. The van der Waals surface area contributed by atoms with Crippen molar-refractivity contribution in [2.24, 2.45) is 16.7 Å². The minimum Gasteiger partial charge on any atom is -0.388 e. The maximum absolute atomic E-state index is 14.3. The summed E-state index contributed by atoms with van der Waals surface area (Å²) in [6.07, 6.45) is 0.200. The van der Waals surface area contributed by atoms with Gasteiger partial charge in [-0.2, -0.15) is 0 Å². The number of nitrogens with one attached hydrogen (secondary N) is 1. The van der Waals surface area contributed by atoms with Crippen LogP contribution in [0, 0.1) is 22.6 Å². The van der Waals surface area contributed by atoms with E-state index < -0.39 is 11.9 Å². The van der Waals surface area contributed by atoms with Gasteiger partial charge in [-0.05, 0) is 34.9 Å². The van der Waals surface area contributed by atoms with Crippen molar-refractivity contribution in [1.29, 1.82) is 0 Å². The predicted octanol–water partition coefficient (Wildman–Crippen LogP) is 3.43. The van der Waals surface area contributed by atoms with Crippen molar-refractivity contribution >= 4 is 11.6 Å². The number of halogens is 1. The van der Waals surface area contributed by atoms with Crippen LogP contribution in [0.1, 0.15) is 51.3 Å². The van der Waals surface area contributed by atoms with Crippen molar-refractivity contribution in [3.63, 3.8) is 0 Å². The van der Waals surface area contributed by atoms with Crippen LogP contribution in [0.5, 0.6) is 0 Å². The van der Waals surface area contributed by atoms with Crippen LogP contribution in [0.25, 0.3) is 0 Å². The molecule has 0 radical (unpaired) electrons. The summed E-state index contributed by atoms with van der Waals surface area (Å²) in [4.78, 5) is 11.4. The highest BCUT2D eigenvalue weighted by Crippen LogP contribution is 2.72. The molecule has 3 rings (SSSR count). The Morgan fingerprint density at radius 2 is 1.86 bits per heavy atom. The Morgan fingerprint density at radius 3 is 2.43 bits per heavy atom. The molecule has 0 spiro atoms. The molecule has 1 amide bonds. The van der Waals surface area contributed by atoms with Gasteiger partial charge in [0, 0.05) is 23.6 Å². The van der Waals surface area contributed by atoms with E-state index in [0.29, 0.717) is 24.1 Å². The summed E-state index contributed by atoms with van der Waals surface area (Å²) in [6.45, 7) is 8.43. The van der Waals surface area contributed by atoms with Crippen LogP contribution < -0.4 is 5.32 Å². The van der Waals surface area contributed by atoms with Crippen LogP contribution in [0.2, 0.25) is 0 Å². The number of carbonyl (C=O) groups is 1. The Balaban J connectivity index is 1.95. The molecule has 114 valence electrons. The van der Waals surface area contributed by atoms with Gasteiger partial charge < -0.3 is 10.4 Å². The van der Waals surface area contributed by atoms with E-state index in [1.807, 2.05) is 0 Å². The van der Waals surface area contributed by atoms with E-state index in [9.17, 15) is 14.3 Å². The first kappa shape index (κ1) is 14.5. The number of aliphatic hydroxyl groups is 1. The normalized spacial score (nSPS) is 24.2. The van der Waals surface area contributed by atoms with E-state index in [0.717, 1.165) is 5.56 Å². The zero-order valence-electron chi connectivity index (χ0n) is 13.0. The van der Waals surface area contributed by atoms with Gasteiger partial charge in [0.05, 0.1) is 6.10 Å². The van der Waals surface area contributed by atoms with Gasteiger partial charge >= 0.3 is 0 Å². The highest BCUT2D eigenvalue weighted by atomic mass is 19.1. The molecule has 4 heteroatoms. The fourth-order valence-corrected chi connectivity index (χ4v) is 3.86. The zero-order chi connectivity index (χ0) is 15.6. The Kier molecular flexibility index (Phi) is 2.97. The summed E-state index contributed by atoms with van der Waals surface area (Å²) in [5, 5.41) is 13.3. The van der Waals surface area contributed by atoms with Crippen LogP contribution in [0.3, 0.4) is 0 Å². The topological polar surface area (TPSA) is 49.3 Å². The Morgan fingerprint density at radius 1 is 1.24 bits per heavy atom. The lowest BCUT2D eigenvalue weighted by atomic mass is 9.93. The quantitative estimate of drug-likeness (QED) is 0.877. The molecule has 1 aromatic carbocycles. The van der Waals surface area contributed by atoms with Crippen molar-refractivity contribution in [1.82, 2.24) is 0 Å². The molecule has 1 aliphatic heterocycles. The molecule has 1 unspecified atom stereocenters. The number of anilines is 1. The molecular formula is C17H22FNO2. The van der Waals surface area contributed by atoms with Gasteiger partial charge in [0.2, 0.25) is 5.91 Å². The minimum atomic E-state index is -0.807. The third-order valence-electron chi connectivity index (χ3n) is 5.88. The van der Waals surface area contributed by atoms with Crippen molar-refractivity contribution in [3.05, 3.63) is 29.1 Å². The molecule has 0 bridgehead atoms. The van der Waals surface area contributed by atoms with Crippen molar-refractivity contribution in [2.45, 2.75) is 46.6 Å². The summed E-state index contributed by atoms with van der Waals surface area (Å²) < 4.78 is 14.3. The first-order valence-electron chi connectivity index (χ1n) is 7.46. The summed E-state index contributed by atoms with van der Waals surface area (Å²) in [6, 6.07) is 3.06. The van der Waals surface area contributed by atoms with E-state index in [2.05, 4.69) is 33.0 Å². The first-order chi connectivity index (χ1) is 9.66. The number of benzene rings is 1. The summed E-state index contributed by atoms with van der Waals surface area (Å²) in [7, 11) is 0. The Labute approximate surface area is 124 Å². The van der Waals surface area contributed by atoms with E-state index >= 15 is 0 Å². The molecule has 2 N–H and O–H groups in total. The largest absolute Gasteiger partial charge is 0.388 e. The molecule has 3 nitrogen and oxygen atoms in total. The van der Waals surface area contributed by atoms with Crippen molar-refractivity contribution < 1.29 is 14.3 Å². The van der Waals surface area contributed by atoms with Gasteiger partial charge in [-0.15, -0.1) is 0 Å². The number of amides is 1. The van der Waals surface area contributed by atoms with Gasteiger partial charge in [-0.25, -0.2) is 4.39 Å². The van der Waals surface area contributed by atoms with E-state index in [1.54, 1.807) is 6.07 Å². The smallest absolute Gasteiger partial charge is 0.224 e. The number of rotatable bonds is 2. The lowest BCUT2D eigenvalue weighted by Crippen LogP contribution is -2.20. The highest BCUT2D eigenvalue weighted by molar-refractivity contribution is 5.93. The van der Waals surface area contributed by atoms with E-state index in [1.165, 1.54) is 6.07 Å². The number of carbonyl (C=O) groups excluding carboxylic acids is 1. The average molecular weight is 291 g/mol. The third-order valence-corrected chi connectivity index (χ3v) is 5.88. The third kappa shape index (κ3) is 2.00. The lowest BCUT2D eigenvalue weighted by molar-refractivity contribution is -0.116. The van der Waals surface area contributed by atoms with Gasteiger partial charge in [0.25, 0.3) is 0 Å². The van der Waals surface area contributed by atoms with Crippen LogP contribution in [0.15, 0.2) is 12.1 Å². The lowest BCUT2D eigenvalue weighted by Gasteiger charge is -2.21. The minimum absolute atomic E-state index is 0.0109. The number of fused-ring (bicyclic) bond motifs is 1. The molecule has 21 heavy (non-hydrogen) atoms. The highest BCUT2D eigenvalue weighted by Gasteiger charge is 2.67. The SMILES string of the molecule is CC1(C)C(C(O)c2cc3c(cc2F)NC(=O)CC3)C1(C)C. The second-order valence-corrected chi connectivity index (χ2v) is 7.44. The van der Waals surface area contributed by atoms with Crippen LogP contribution >= 0.6 is 0 Å². The van der Waals surface area contributed by atoms with Crippen LogP contribution in [-0.2, 0) is 11.2 Å². The van der Waals surface area contributed by atoms with Crippen molar-refractivity contribution in [3.8, 4) is 0 Å².